The number of hydrogen-bond acceptors (Lipinski definition) is 3. The average molecular weight is 181 g/mol. The van der Waals surface area contributed by atoms with E-state index < -0.39 is 6.10 Å². The Hall–Kier alpha value is -1.06. The molecule has 0 amide bonds. The first-order chi connectivity index (χ1) is 6.02. The standard InChI is InChI=1S/C10H15NO2/c1-6-3-4-8(5-9(6)12)10(13)7(2)11/h3-5,7,10,12-13H,11H2,1-2H3. The van der Waals surface area contributed by atoms with Gasteiger partial charge < -0.3 is 15.9 Å². The molecule has 0 spiro atoms. The highest BCUT2D eigenvalue weighted by Crippen LogP contribution is 2.23. The molecule has 0 saturated heterocycles. The lowest BCUT2D eigenvalue weighted by molar-refractivity contribution is 0.153. The van der Waals surface area contributed by atoms with Crippen LogP contribution < -0.4 is 5.73 Å². The van der Waals surface area contributed by atoms with Crippen LogP contribution >= 0.6 is 0 Å². The van der Waals surface area contributed by atoms with E-state index in [0.717, 1.165) is 5.56 Å². The van der Waals surface area contributed by atoms with Crippen LogP contribution in [0.5, 0.6) is 5.75 Å². The van der Waals surface area contributed by atoms with E-state index >= 15 is 0 Å². The molecule has 0 radical (unpaired) electrons. The fraction of sp³-hybridized carbons (Fsp3) is 0.400. The summed E-state index contributed by atoms with van der Waals surface area (Å²) in [5.74, 6) is 0.192. The molecule has 1 aromatic carbocycles. The summed E-state index contributed by atoms with van der Waals surface area (Å²) in [6.07, 6.45) is -0.716. The molecule has 0 aliphatic heterocycles. The summed E-state index contributed by atoms with van der Waals surface area (Å²) < 4.78 is 0. The number of aryl methyl sites for hydroxylation is 1. The molecule has 72 valence electrons. The highest BCUT2D eigenvalue weighted by atomic mass is 16.3. The van der Waals surface area contributed by atoms with E-state index in [1.54, 1.807) is 32.0 Å². The Morgan fingerprint density at radius 3 is 2.46 bits per heavy atom. The highest BCUT2D eigenvalue weighted by molar-refractivity contribution is 5.36. The number of aliphatic hydroxyl groups excluding tert-OH is 1. The molecule has 4 N–H and O–H groups in total. The lowest BCUT2D eigenvalue weighted by Gasteiger charge is -2.15. The highest BCUT2D eigenvalue weighted by Gasteiger charge is 2.12. The SMILES string of the molecule is Cc1ccc(C(O)C(C)N)cc1O. The van der Waals surface area contributed by atoms with Gasteiger partial charge in [-0.2, -0.15) is 0 Å². The Balaban J connectivity index is 2.97. The second-order valence-electron chi connectivity index (χ2n) is 3.35. The van der Waals surface area contributed by atoms with Crippen LogP contribution in [0.25, 0.3) is 0 Å². The van der Waals surface area contributed by atoms with E-state index in [2.05, 4.69) is 0 Å². The van der Waals surface area contributed by atoms with Gasteiger partial charge in [-0.25, -0.2) is 0 Å². The lowest BCUT2D eigenvalue weighted by atomic mass is 10.0. The fourth-order valence-electron chi connectivity index (χ4n) is 1.11. The number of aromatic hydroxyl groups is 1. The monoisotopic (exact) mass is 181 g/mol. The maximum absolute atomic E-state index is 9.58. The number of benzene rings is 1. The van der Waals surface area contributed by atoms with Gasteiger partial charge in [-0.1, -0.05) is 12.1 Å². The zero-order valence-corrected chi connectivity index (χ0v) is 7.86. The number of phenols is 1. The summed E-state index contributed by atoms with van der Waals surface area (Å²) in [5, 5.41) is 19.0. The Morgan fingerprint density at radius 1 is 1.38 bits per heavy atom. The van der Waals surface area contributed by atoms with Crippen LogP contribution in [0.3, 0.4) is 0 Å². The summed E-state index contributed by atoms with van der Waals surface area (Å²) in [6, 6.07) is 4.74. The predicted octanol–water partition coefficient (Wildman–Crippen LogP) is 1.08. The molecule has 1 aromatic rings. The normalized spacial score (nSPS) is 15.4. The van der Waals surface area contributed by atoms with Crippen LogP contribution in [0, 0.1) is 6.92 Å². The van der Waals surface area contributed by atoms with E-state index in [1.807, 2.05) is 0 Å². The summed E-state index contributed by atoms with van der Waals surface area (Å²) in [4.78, 5) is 0. The first-order valence-corrected chi connectivity index (χ1v) is 4.25. The lowest BCUT2D eigenvalue weighted by Crippen LogP contribution is -2.24. The van der Waals surface area contributed by atoms with Crippen LogP contribution in [-0.2, 0) is 0 Å². The van der Waals surface area contributed by atoms with Gasteiger partial charge in [0.15, 0.2) is 0 Å². The smallest absolute Gasteiger partial charge is 0.118 e. The first kappa shape index (κ1) is 10.0. The molecule has 0 aliphatic rings. The van der Waals surface area contributed by atoms with Crippen molar-refractivity contribution in [3.63, 3.8) is 0 Å². The molecule has 0 aromatic heterocycles. The summed E-state index contributed by atoms with van der Waals surface area (Å²) >= 11 is 0. The summed E-state index contributed by atoms with van der Waals surface area (Å²) in [6.45, 7) is 3.53. The minimum atomic E-state index is -0.716. The molecule has 0 aliphatic carbocycles. The molecular formula is C10H15NO2. The Morgan fingerprint density at radius 2 is 2.00 bits per heavy atom. The maximum Gasteiger partial charge on any atom is 0.118 e. The number of aliphatic hydroxyl groups is 1. The topological polar surface area (TPSA) is 66.5 Å². The van der Waals surface area contributed by atoms with Gasteiger partial charge in [0.25, 0.3) is 0 Å². The van der Waals surface area contributed by atoms with E-state index in [1.165, 1.54) is 0 Å². The molecule has 2 unspecified atom stereocenters. The Labute approximate surface area is 77.8 Å². The van der Waals surface area contributed by atoms with E-state index in [9.17, 15) is 10.2 Å². The largest absolute Gasteiger partial charge is 0.508 e. The van der Waals surface area contributed by atoms with Crippen molar-refractivity contribution in [2.75, 3.05) is 0 Å². The third-order valence-electron chi connectivity index (χ3n) is 2.07. The van der Waals surface area contributed by atoms with Gasteiger partial charge in [0.05, 0.1) is 6.10 Å². The van der Waals surface area contributed by atoms with E-state index in [-0.39, 0.29) is 11.8 Å². The van der Waals surface area contributed by atoms with Crippen molar-refractivity contribution in [3.8, 4) is 5.75 Å². The second kappa shape index (κ2) is 3.77. The zero-order chi connectivity index (χ0) is 10.0. The van der Waals surface area contributed by atoms with Gasteiger partial charge in [0, 0.05) is 6.04 Å². The minimum Gasteiger partial charge on any atom is -0.508 e. The van der Waals surface area contributed by atoms with Gasteiger partial charge in [-0.3, -0.25) is 0 Å². The molecule has 13 heavy (non-hydrogen) atoms. The first-order valence-electron chi connectivity index (χ1n) is 4.25. The third-order valence-corrected chi connectivity index (χ3v) is 2.07. The molecule has 0 heterocycles. The van der Waals surface area contributed by atoms with Crippen molar-refractivity contribution < 1.29 is 10.2 Å². The fourth-order valence-corrected chi connectivity index (χ4v) is 1.11. The van der Waals surface area contributed by atoms with Crippen LogP contribution in [0.2, 0.25) is 0 Å². The quantitative estimate of drug-likeness (QED) is 0.639. The van der Waals surface area contributed by atoms with Gasteiger partial charge in [-0.05, 0) is 31.0 Å². The van der Waals surface area contributed by atoms with Crippen LogP contribution in [0.1, 0.15) is 24.2 Å². The molecule has 3 heteroatoms. The van der Waals surface area contributed by atoms with Crippen molar-refractivity contribution in [3.05, 3.63) is 29.3 Å². The zero-order valence-electron chi connectivity index (χ0n) is 7.86. The summed E-state index contributed by atoms with van der Waals surface area (Å²) in [7, 11) is 0. The van der Waals surface area contributed by atoms with Crippen molar-refractivity contribution in [1.82, 2.24) is 0 Å². The van der Waals surface area contributed by atoms with Crippen molar-refractivity contribution >= 4 is 0 Å². The van der Waals surface area contributed by atoms with Gasteiger partial charge >= 0.3 is 0 Å². The van der Waals surface area contributed by atoms with Gasteiger partial charge in [0.1, 0.15) is 5.75 Å². The van der Waals surface area contributed by atoms with Crippen LogP contribution in [0.15, 0.2) is 18.2 Å². The molecule has 2 atom stereocenters. The molecule has 0 bridgehead atoms. The van der Waals surface area contributed by atoms with Gasteiger partial charge in [-0.15, -0.1) is 0 Å². The second-order valence-corrected chi connectivity index (χ2v) is 3.35. The number of hydrogen-bond donors (Lipinski definition) is 3. The molecule has 0 saturated carbocycles. The van der Waals surface area contributed by atoms with E-state index in [0.29, 0.717) is 5.56 Å². The summed E-state index contributed by atoms with van der Waals surface area (Å²) in [5.41, 5.74) is 6.97. The van der Waals surface area contributed by atoms with Crippen molar-refractivity contribution in [2.45, 2.75) is 26.0 Å². The van der Waals surface area contributed by atoms with Gasteiger partial charge in [0.2, 0.25) is 0 Å². The molecular weight excluding hydrogens is 166 g/mol. The molecule has 3 nitrogen and oxygen atoms in total. The van der Waals surface area contributed by atoms with Crippen molar-refractivity contribution in [1.29, 1.82) is 0 Å². The molecule has 0 fully saturated rings. The van der Waals surface area contributed by atoms with Crippen molar-refractivity contribution in [2.24, 2.45) is 5.73 Å². The third kappa shape index (κ3) is 2.20. The maximum atomic E-state index is 9.58. The number of phenolic OH excluding ortho intramolecular Hbond substituents is 1. The average Bonchev–Trinajstić information content (AvgIpc) is 2.08. The van der Waals surface area contributed by atoms with Crippen LogP contribution in [-0.4, -0.2) is 16.3 Å². The molecule has 1 rings (SSSR count). The van der Waals surface area contributed by atoms with Crippen LogP contribution in [0.4, 0.5) is 0 Å². The Bertz CT molecular complexity index is 297. The number of nitrogens with two attached hydrogens (primary N) is 1. The Kier molecular flexibility index (Phi) is 2.90. The number of rotatable bonds is 2. The van der Waals surface area contributed by atoms with E-state index in [4.69, 9.17) is 5.73 Å². The minimum absolute atomic E-state index is 0.192. The predicted molar refractivity (Wildman–Crippen MR) is 51.5 cm³/mol.